The molecule has 1 amide bonds. The first kappa shape index (κ1) is 26.3. The number of amides is 1. The molecule has 1 unspecified atom stereocenters. The molecular formula is C27H23BrN2O6S. The van der Waals surface area contributed by atoms with E-state index in [1.165, 1.54) is 11.0 Å². The van der Waals surface area contributed by atoms with E-state index < -0.39 is 23.7 Å². The number of Topliss-reactive ketones (excluding diaryl/α,β-unsaturated/α-hetero) is 1. The third-order valence-electron chi connectivity index (χ3n) is 5.56. The minimum Gasteiger partial charge on any atom is -0.507 e. The number of halogens is 1. The number of hydrogen-bond acceptors (Lipinski definition) is 8. The lowest BCUT2D eigenvalue weighted by molar-refractivity contribution is -0.132. The molecule has 10 heteroatoms. The molecule has 1 fully saturated rings. The minimum absolute atomic E-state index is 0.0235. The molecule has 1 aromatic heterocycles. The SMILES string of the molecule is C=CCOC(=O)c1sc(N2C(=O)C(=O)/C(=C(/O)c3cccc(OCC)c3)C2c2ccc(Br)cc2)nc1C. The maximum Gasteiger partial charge on any atom is 0.350 e. The molecule has 0 aliphatic carbocycles. The molecule has 37 heavy (non-hydrogen) atoms. The van der Waals surface area contributed by atoms with Crippen LogP contribution in [0, 0.1) is 6.92 Å². The summed E-state index contributed by atoms with van der Waals surface area (Å²) in [6.45, 7) is 7.44. The maximum absolute atomic E-state index is 13.4. The first-order valence-electron chi connectivity index (χ1n) is 11.3. The Labute approximate surface area is 226 Å². The van der Waals surface area contributed by atoms with Gasteiger partial charge in [-0.25, -0.2) is 9.78 Å². The quantitative estimate of drug-likeness (QED) is 0.121. The van der Waals surface area contributed by atoms with Crippen LogP contribution in [0.25, 0.3) is 5.76 Å². The summed E-state index contributed by atoms with van der Waals surface area (Å²) in [6, 6.07) is 12.7. The smallest absolute Gasteiger partial charge is 0.350 e. The Morgan fingerprint density at radius 2 is 1.97 bits per heavy atom. The second-order valence-electron chi connectivity index (χ2n) is 7.98. The predicted molar refractivity (Wildman–Crippen MR) is 144 cm³/mol. The minimum atomic E-state index is -0.980. The molecular weight excluding hydrogens is 560 g/mol. The average molecular weight is 583 g/mol. The first-order valence-corrected chi connectivity index (χ1v) is 12.9. The van der Waals surface area contributed by atoms with Gasteiger partial charge in [0.25, 0.3) is 5.78 Å². The Morgan fingerprint density at radius 1 is 1.24 bits per heavy atom. The number of carbonyl (C=O) groups is 3. The van der Waals surface area contributed by atoms with Gasteiger partial charge >= 0.3 is 11.9 Å². The number of aromatic nitrogens is 1. The highest BCUT2D eigenvalue weighted by Gasteiger charge is 2.48. The topological polar surface area (TPSA) is 106 Å². The molecule has 1 saturated heterocycles. The molecule has 0 spiro atoms. The average Bonchev–Trinajstić information content (AvgIpc) is 3.39. The number of nitrogens with zero attached hydrogens (tertiary/aromatic N) is 2. The number of rotatable bonds is 8. The Morgan fingerprint density at radius 3 is 2.65 bits per heavy atom. The fourth-order valence-corrected chi connectivity index (χ4v) is 5.17. The zero-order valence-corrected chi connectivity index (χ0v) is 22.5. The fraction of sp³-hybridized carbons (Fsp3) is 0.185. The molecule has 3 aromatic rings. The van der Waals surface area contributed by atoms with Gasteiger partial charge in [0.05, 0.1) is 23.9 Å². The molecule has 2 heterocycles. The van der Waals surface area contributed by atoms with Gasteiger partial charge in [-0.2, -0.15) is 0 Å². The van der Waals surface area contributed by atoms with Gasteiger partial charge in [-0.15, -0.1) is 0 Å². The van der Waals surface area contributed by atoms with Crippen molar-refractivity contribution in [3.63, 3.8) is 0 Å². The van der Waals surface area contributed by atoms with Crippen molar-refractivity contribution in [3.8, 4) is 5.75 Å². The fourth-order valence-electron chi connectivity index (χ4n) is 3.92. The maximum atomic E-state index is 13.4. The molecule has 0 saturated carbocycles. The normalized spacial score (nSPS) is 16.6. The van der Waals surface area contributed by atoms with E-state index in [1.54, 1.807) is 55.5 Å². The van der Waals surface area contributed by atoms with E-state index in [0.717, 1.165) is 15.8 Å². The van der Waals surface area contributed by atoms with Crippen LogP contribution in [0.15, 0.2) is 71.2 Å². The molecule has 1 aliphatic rings. The van der Waals surface area contributed by atoms with Crippen molar-refractivity contribution in [2.75, 3.05) is 18.1 Å². The highest BCUT2D eigenvalue weighted by molar-refractivity contribution is 9.10. The summed E-state index contributed by atoms with van der Waals surface area (Å²) in [5, 5.41) is 11.5. The number of hydrogen-bond donors (Lipinski definition) is 1. The molecule has 190 valence electrons. The summed E-state index contributed by atoms with van der Waals surface area (Å²) in [7, 11) is 0. The largest absolute Gasteiger partial charge is 0.507 e. The number of ketones is 1. The van der Waals surface area contributed by atoms with Crippen molar-refractivity contribution in [2.45, 2.75) is 19.9 Å². The summed E-state index contributed by atoms with van der Waals surface area (Å²) in [5.41, 5.74) is 1.17. The molecule has 2 aromatic carbocycles. The third-order valence-corrected chi connectivity index (χ3v) is 7.22. The second-order valence-corrected chi connectivity index (χ2v) is 9.87. The van der Waals surface area contributed by atoms with E-state index in [0.29, 0.717) is 29.2 Å². The van der Waals surface area contributed by atoms with Crippen LogP contribution in [-0.2, 0) is 14.3 Å². The van der Waals surface area contributed by atoms with E-state index in [1.807, 2.05) is 6.92 Å². The van der Waals surface area contributed by atoms with E-state index in [9.17, 15) is 19.5 Å². The van der Waals surface area contributed by atoms with Gasteiger partial charge in [0.15, 0.2) is 5.13 Å². The zero-order chi connectivity index (χ0) is 26.7. The molecule has 8 nitrogen and oxygen atoms in total. The monoisotopic (exact) mass is 582 g/mol. The zero-order valence-electron chi connectivity index (χ0n) is 20.1. The Bertz CT molecular complexity index is 1410. The number of esters is 1. The van der Waals surface area contributed by atoms with Gasteiger partial charge in [0, 0.05) is 10.0 Å². The standard InChI is InChI=1S/C27H23BrN2O6S/c1-4-13-36-26(34)24-15(3)29-27(37-24)30-21(16-9-11-18(28)12-10-16)20(23(32)25(30)33)22(31)17-7-6-8-19(14-17)35-5-2/h4,6-12,14,21,31H,1,5,13H2,2-3H3/b22-20+. The van der Waals surface area contributed by atoms with Gasteiger partial charge in [0.2, 0.25) is 0 Å². The Hall–Kier alpha value is -3.76. The summed E-state index contributed by atoms with van der Waals surface area (Å²) < 4.78 is 11.5. The molecule has 4 rings (SSSR count). The van der Waals surface area contributed by atoms with Crippen LogP contribution in [-0.4, -0.2) is 41.0 Å². The number of benzene rings is 2. The molecule has 1 N–H and O–H groups in total. The van der Waals surface area contributed by atoms with Crippen LogP contribution in [0.3, 0.4) is 0 Å². The van der Waals surface area contributed by atoms with Gasteiger partial charge in [0.1, 0.15) is 23.0 Å². The van der Waals surface area contributed by atoms with Crippen LogP contribution in [0.2, 0.25) is 0 Å². The number of thiazole rings is 1. The van der Waals surface area contributed by atoms with Crippen molar-refractivity contribution < 1.29 is 29.0 Å². The van der Waals surface area contributed by atoms with Crippen LogP contribution in [0.4, 0.5) is 5.13 Å². The molecule has 0 bridgehead atoms. The van der Waals surface area contributed by atoms with Gasteiger partial charge in [-0.05, 0) is 43.7 Å². The van der Waals surface area contributed by atoms with E-state index in [-0.39, 0.29) is 27.9 Å². The predicted octanol–water partition coefficient (Wildman–Crippen LogP) is 5.58. The van der Waals surface area contributed by atoms with Crippen molar-refractivity contribution in [1.29, 1.82) is 0 Å². The van der Waals surface area contributed by atoms with Gasteiger partial charge in [-0.1, -0.05) is 64.2 Å². The summed E-state index contributed by atoms with van der Waals surface area (Å²) in [5.74, 6) is -2.16. The van der Waals surface area contributed by atoms with Crippen LogP contribution in [0.1, 0.15) is 39.5 Å². The number of carbonyl (C=O) groups excluding carboxylic acids is 3. The van der Waals surface area contributed by atoms with Gasteiger partial charge < -0.3 is 14.6 Å². The highest BCUT2D eigenvalue weighted by Crippen LogP contribution is 2.44. The number of ether oxygens (including phenoxy) is 2. The van der Waals surface area contributed by atoms with Crippen molar-refractivity contribution in [1.82, 2.24) is 4.98 Å². The number of aliphatic hydroxyl groups is 1. The second kappa shape index (κ2) is 11.1. The van der Waals surface area contributed by atoms with E-state index in [4.69, 9.17) is 9.47 Å². The van der Waals surface area contributed by atoms with E-state index >= 15 is 0 Å². The van der Waals surface area contributed by atoms with Gasteiger partial charge in [-0.3, -0.25) is 14.5 Å². The summed E-state index contributed by atoms with van der Waals surface area (Å²) in [4.78, 5) is 45.1. The molecule has 1 aliphatic heterocycles. The third kappa shape index (κ3) is 5.21. The van der Waals surface area contributed by atoms with Crippen molar-refractivity contribution in [3.05, 3.63) is 92.9 Å². The van der Waals surface area contributed by atoms with Crippen LogP contribution in [0.5, 0.6) is 5.75 Å². The van der Waals surface area contributed by atoms with Crippen molar-refractivity contribution >= 4 is 55.8 Å². The summed E-state index contributed by atoms with van der Waals surface area (Å²) >= 11 is 4.34. The summed E-state index contributed by atoms with van der Waals surface area (Å²) in [6.07, 6.45) is 1.45. The van der Waals surface area contributed by atoms with Crippen molar-refractivity contribution in [2.24, 2.45) is 0 Å². The Kier molecular flexibility index (Phi) is 7.89. The highest BCUT2D eigenvalue weighted by atomic mass is 79.9. The Balaban J connectivity index is 1.87. The van der Waals surface area contributed by atoms with Crippen LogP contribution < -0.4 is 9.64 Å². The number of anilines is 1. The lowest BCUT2D eigenvalue weighted by atomic mass is 9.95. The van der Waals surface area contributed by atoms with E-state index in [2.05, 4.69) is 27.5 Å². The number of aliphatic hydroxyl groups excluding tert-OH is 1. The lowest BCUT2D eigenvalue weighted by Crippen LogP contribution is -2.29. The lowest BCUT2D eigenvalue weighted by Gasteiger charge is -2.23. The molecule has 1 atom stereocenters. The first-order chi connectivity index (χ1) is 17.8. The molecule has 0 radical (unpaired) electrons. The number of aryl methyl sites for hydroxylation is 1. The van der Waals surface area contributed by atoms with Crippen LogP contribution >= 0.6 is 27.3 Å².